The normalized spacial score (nSPS) is 14.8. The Morgan fingerprint density at radius 1 is 0.279 bits per heavy atom. The van der Waals surface area contributed by atoms with Crippen molar-refractivity contribution >= 4 is 39.5 Å². The molecule has 0 amide bonds. The summed E-state index contributed by atoms with van der Waals surface area (Å²) in [6.45, 7) is 4.36. The van der Waals surface area contributed by atoms with Gasteiger partial charge in [0.15, 0.2) is 12.2 Å². The number of rotatable bonds is 72. The molecular weight excluding hydrogens is 1350 g/mol. The number of ether oxygens (including phenoxy) is 4. The molecule has 0 aliphatic carbocycles. The van der Waals surface area contributed by atoms with Gasteiger partial charge in [-0.3, -0.25) is 37.3 Å². The van der Waals surface area contributed by atoms with Gasteiger partial charge in [-0.15, -0.1) is 0 Å². The maximum atomic E-state index is 13.1. The zero-order valence-corrected chi connectivity index (χ0v) is 66.2. The van der Waals surface area contributed by atoms with Gasteiger partial charge in [0.05, 0.1) is 26.4 Å². The fourth-order valence-electron chi connectivity index (χ4n) is 9.82. The molecule has 0 spiro atoms. The molecular formula is C85H138O17P2. The number of carbonyl (C=O) groups is 4. The highest BCUT2D eigenvalue weighted by Crippen LogP contribution is 2.45. The molecule has 0 aromatic carbocycles. The zero-order chi connectivity index (χ0) is 76.0. The highest BCUT2D eigenvalue weighted by molar-refractivity contribution is 7.47. The number of hydrogen-bond acceptors (Lipinski definition) is 15. The molecule has 0 rings (SSSR count). The lowest BCUT2D eigenvalue weighted by Crippen LogP contribution is -2.30. The highest BCUT2D eigenvalue weighted by Gasteiger charge is 2.30. The van der Waals surface area contributed by atoms with Crippen LogP contribution in [-0.4, -0.2) is 96.7 Å². The first-order chi connectivity index (χ1) is 50.7. The van der Waals surface area contributed by atoms with Crippen molar-refractivity contribution in [3.8, 4) is 0 Å². The van der Waals surface area contributed by atoms with E-state index < -0.39 is 97.5 Å². The van der Waals surface area contributed by atoms with Crippen molar-refractivity contribution in [3.63, 3.8) is 0 Å². The summed E-state index contributed by atoms with van der Waals surface area (Å²) in [6.07, 6.45) is 89.3. The second kappa shape index (κ2) is 75.6. The average molecular weight is 1490 g/mol. The van der Waals surface area contributed by atoms with E-state index in [0.29, 0.717) is 38.5 Å². The summed E-state index contributed by atoms with van der Waals surface area (Å²) >= 11 is 0. The average Bonchev–Trinajstić information content (AvgIpc) is 0.911. The van der Waals surface area contributed by atoms with Crippen LogP contribution in [0.1, 0.15) is 285 Å². The third-order valence-corrected chi connectivity index (χ3v) is 17.6. The predicted molar refractivity (Wildman–Crippen MR) is 426 cm³/mol. The van der Waals surface area contributed by atoms with Gasteiger partial charge >= 0.3 is 39.5 Å². The van der Waals surface area contributed by atoms with Crippen LogP contribution in [0.15, 0.2) is 170 Å². The number of allylic oxidation sites excluding steroid dienone is 28. The Hall–Kier alpha value is -5.58. The van der Waals surface area contributed by atoms with Crippen LogP contribution in [0.3, 0.4) is 0 Å². The molecule has 104 heavy (non-hydrogen) atoms. The van der Waals surface area contributed by atoms with E-state index in [-0.39, 0.29) is 25.7 Å². The Labute approximate surface area is 629 Å². The van der Waals surface area contributed by atoms with Crippen LogP contribution in [0.25, 0.3) is 0 Å². The zero-order valence-electron chi connectivity index (χ0n) is 64.4. The minimum Gasteiger partial charge on any atom is -0.462 e. The molecule has 5 atom stereocenters. The summed E-state index contributed by atoms with van der Waals surface area (Å²) in [4.78, 5) is 72.9. The lowest BCUT2D eigenvalue weighted by Gasteiger charge is -2.21. The summed E-state index contributed by atoms with van der Waals surface area (Å²) in [5, 5.41) is 10.6. The van der Waals surface area contributed by atoms with Crippen LogP contribution in [0, 0.1) is 0 Å². The van der Waals surface area contributed by atoms with Gasteiger partial charge in [0.25, 0.3) is 0 Å². The van der Waals surface area contributed by atoms with E-state index in [1.165, 1.54) is 51.4 Å². The summed E-state index contributed by atoms with van der Waals surface area (Å²) < 4.78 is 68.4. The topological polar surface area (TPSA) is 237 Å². The molecule has 0 aliphatic rings. The predicted octanol–water partition coefficient (Wildman–Crippen LogP) is 23.0. The first-order valence-corrected chi connectivity index (χ1v) is 42.4. The highest BCUT2D eigenvalue weighted by atomic mass is 31.2. The molecule has 0 aliphatic heterocycles. The van der Waals surface area contributed by atoms with E-state index in [9.17, 15) is 43.2 Å². The van der Waals surface area contributed by atoms with Crippen LogP contribution < -0.4 is 0 Å². The van der Waals surface area contributed by atoms with Gasteiger partial charge in [-0.25, -0.2) is 9.13 Å². The third kappa shape index (κ3) is 74.7. The molecule has 0 saturated heterocycles. The van der Waals surface area contributed by atoms with Crippen molar-refractivity contribution in [1.29, 1.82) is 0 Å². The van der Waals surface area contributed by atoms with Gasteiger partial charge in [-0.2, -0.15) is 0 Å². The van der Waals surface area contributed by atoms with E-state index >= 15 is 0 Å². The van der Waals surface area contributed by atoms with E-state index in [2.05, 4.69) is 174 Å². The first kappa shape index (κ1) is 98.4. The number of unbranched alkanes of at least 4 members (excludes halogenated alkanes) is 18. The van der Waals surface area contributed by atoms with Gasteiger partial charge in [0.1, 0.15) is 19.3 Å². The van der Waals surface area contributed by atoms with Crippen molar-refractivity contribution in [1.82, 2.24) is 0 Å². The van der Waals surface area contributed by atoms with Gasteiger partial charge in [0.2, 0.25) is 0 Å². The number of carbonyl (C=O) groups excluding carboxylic acids is 4. The SMILES string of the molecule is CC/C=C\C/C=C\C/C=C\C/C=C\C/C=C\C/C=C\CCC(=O)OCC(COP(=O)(O)OCC(O)COP(=O)(O)OCC(COC(=O)CCCCCC/C=C\C/C=C\C/C=C\C/C=C\CC)OC(=O)CCCCCCCCCCCCCCC)OC(=O)CCCC/C=C\C/C=C\C/C=C\C/C=C\CC. The largest absolute Gasteiger partial charge is 0.472 e. The molecule has 0 radical (unpaired) electrons. The Bertz CT molecular complexity index is 2640. The van der Waals surface area contributed by atoms with Crippen molar-refractivity contribution in [2.24, 2.45) is 0 Å². The minimum atomic E-state index is -5.01. The maximum absolute atomic E-state index is 13.1. The minimum absolute atomic E-state index is 0.0205. The van der Waals surface area contributed by atoms with E-state index in [1.807, 2.05) is 24.3 Å². The molecule has 0 saturated carbocycles. The van der Waals surface area contributed by atoms with Crippen molar-refractivity contribution in [2.45, 2.75) is 303 Å². The van der Waals surface area contributed by atoms with Gasteiger partial charge in [-0.05, 0) is 141 Å². The summed E-state index contributed by atoms with van der Waals surface area (Å²) in [6, 6.07) is 0. The fourth-order valence-corrected chi connectivity index (χ4v) is 11.4. The molecule has 17 nitrogen and oxygen atoms in total. The van der Waals surface area contributed by atoms with Crippen LogP contribution in [-0.2, 0) is 65.4 Å². The van der Waals surface area contributed by atoms with Crippen LogP contribution >= 0.6 is 15.6 Å². The van der Waals surface area contributed by atoms with E-state index in [4.69, 9.17) is 37.0 Å². The van der Waals surface area contributed by atoms with Crippen molar-refractivity contribution in [3.05, 3.63) is 170 Å². The van der Waals surface area contributed by atoms with Crippen molar-refractivity contribution < 1.29 is 80.2 Å². The summed E-state index contributed by atoms with van der Waals surface area (Å²) in [7, 11) is -10.0. The smallest absolute Gasteiger partial charge is 0.462 e. The molecule has 0 heterocycles. The Balaban J connectivity index is 5.48. The fraction of sp³-hybridized carbons (Fsp3) is 0.624. The van der Waals surface area contributed by atoms with Crippen LogP contribution in [0.4, 0.5) is 0 Å². The molecule has 0 aromatic rings. The standard InChI is InChI=1S/C85H138O17P2/c1-5-9-13-17-21-25-29-33-36-38-39-41-44-47-50-54-58-62-66-70-83(88)96-76-81(102-85(90)72-68-64-60-56-52-48-42-35-31-27-23-19-15-11-7-3)78-100-104(93,94)98-74-79(86)73-97-103(91,92)99-77-80(101-84(89)71-67-63-59-55-51-45-32-28-24-20-16-12-8-4)75-95-82(87)69-65-61-57-53-49-46-43-40-37-34-30-26-22-18-14-10-6-2/h9-11,13-15,21-23,25-27,33-37,39,41-43,46-47,50,52,56,58,62,79-81,86H,5-8,12,16-20,24,28-32,38,40,44-45,48-49,51,53-55,57,59-61,63-78H2,1-4H3,(H,91,92)(H,93,94)/b13-9-,14-10-,15-11-,25-21-,26-22-,27-23-,36-33-,37-34-,41-39-,42-35-,46-43-,50-47-,56-52-,62-58-. The molecule has 3 N–H and O–H groups in total. The Morgan fingerprint density at radius 2 is 0.519 bits per heavy atom. The molecule has 590 valence electrons. The van der Waals surface area contributed by atoms with Crippen LogP contribution in [0.5, 0.6) is 0 Å². The lowest BCUT2D eigenvalue weighted by atomic mass is 10.0. The molecule has 19 heteroatoms. The molecule has 0 fully saturated rings. The monoisotopic (exact) mass is 1490 g/mol. The van der Waals surface area contributed by atoms with Crippen molar-refractivity contribution in [2.75, 3.05) is 39.6 Å². The number of aliphatic hydroxyl groups excluding tert-OH is 1. The number of aliphatic hydroxyl groups is 1. The molecule has 0 bridgehead atoms. The van der Waals surface area contributed by atoms with E-state index in [1.54, 1.807) is 0 Å². The summed E-state index contributed by atoms with van der Waals surface area (Å²) in [5.41, 5.74) is 0. The number of phosphoric ester groups is 2. The first-order valence-electron chi connectivity index (χ1n) is 39.4. The van der Waals surface area contributed by atoms with Gasteiger partial charge < -0.3 is 33.8 Å². The summed E-state index contributed by atoms with van der Waals surface area (Å²) in [5.74, 6) is -2.36. The van der Waals surface area contributed by atoms with Crippen LogP contribution in [0.2, 0.25) is 0 Å². The number of esters is 4. The Morgan fingerprint density at radius 3 is 0.846 bits per heavy atom. The van der Waals surface area contributed by atoms with Gasteiger partial charge in [0, 0.05) is 25.7 Å². The Kier molecular flexibility index (Phi) is 71.6. The second-order valence-electron chi connectivity index (χ2n) is 25.5. The number of hydrogen-bond donors (Lipinski definition) is 3. The lowest BCUT2D eigenvalue weighted by molar-refractivity contribution is -0.161. The number of phosphoric acid groups is 2. The quantitative estimate of drug-likeness (QED) is 0.0169. The third-order valence-electron chi connectivity index (χ3n) is 15.7. The van der Waals surface area contributed by atoms with Gasteiger partial charge in [-0.1, -0.05) is 288 Å². The maximum Gasteiger partial charge on any atom is 0.472 e. The van der Waals surface area contributed by atoms with E-state index in [0.717, 1.165) is 141 Å². The molecule has 5 unspecified atom stereocenters. The second-order valence-corrected chi connectivity index (χ2v) is 28.4. The molecule has 0 aromatic heterocycles.